The van der Waals surface area contributed by atoms with Crippen LogP contribution in [0.25, 0.3) is 0 Å². The predicted molar refractivity (Wildman–Crippen MR) is 85.2 cm³/mol. The van der Waals surface area contributed by atoms with Gasteiger partial charge in [0.1, 0.15) is 17.3 Å². The summed E-state index contributed by atoms with van der Waals surface area (Å²) in [5.74, 6) is -1.47. The SMILES string of the molecule is C[C@H](Oc1ccc(F)cc1)C(=O)NNC(=O)c1ccc(O)c(Cl)c1. The van der Waals surface area contributed by atoms with Gasteiger partial charge in [-0.05, 0) is 49.4 Å². The molecule has 0 saturated heterocycles. The molecule has 0 spiro atoms. The summed E-state index contributed by atoms with van der Waals surface area (Å²) in [5, 5.41) is 9.32. The summed E-state index contributed by atoms with van der Waals surface area (Å²) in [7, 11) is 0. The Morgan fingerprint density at radius 2 is 1.83 bits per heavy atom. The van der Waals surface area contributed by atoms with E-state index in [1.807, 2.05) is 0 Å². The van der Waals surface area contributed by atoms with E-state index in [9.17, 15) is 19.1 Å². The van der Waals surface area contributed by atoms with Crippen LogP contribution in [-0.2, 0) is 4.79 Å². The lowest BCUT2D eigenvalue weighted by Crippen LogP contribution is -2.47. The summed E-state index contributed by atoms with van der Waals surface area (Å²) >= 11 is 5.71. The predicted octanol–water partition coefficient (Wildman–Crippen LogP) is 2.41. The van der Waals surface area contributed by atoms with Crippen molar-refractivity contribution in [2.45, 2.75) is 13.0 Å². The number of ether oxygens (including phenoxy) is 1. The summed E-state index contributed by atoms with van der Waals surface area (Å²) < 4.78 is 18.1. The maximum Gasteiger partial charge on any atom is 0.279 e. The number of aromatic hydroxyl groups is 1. The third kappa shape index (κ3) is 4.60. The van der Waals surface area contributed by atoms with Crippen molar-refractivity contribution in [3.05, 3.63) is 58.9 Å². The van der Waals surface area contributed by atoms with E-state index in [1.54, 1.807) is 0 Å². The molecule has 0 aliphatic rings. The molecule has 6 nitrogen and oxygen atoms in total. The highest BCUT2D eigenvalue weighted by Gasteiger charge is 2.16. The first-order valence-corrected chi connectivity index (χ1v) is 7.25. The Bertz CT molecular complexity index is 752. The number of phenols is 1. The van der Waals surface area contributed by atoms with Crippen molar-refractivity contribution in [3.8, 4) is 11.5 Å². The van der Waals surface area contributed by atoms with E-state index < -0.39 is 23.7 Å². The lowest BCUT2D eigenvalue weighted by atomic mass is 10.2. The number of phenolic OH excluding ortho intramolecular Hbond substituents is 1. The number of hydrogen-bond acceptors (Lipinski definition) is 4. The molecule has 2 rings (SSSR count). The van der Waals surface area contributed by atoms with Gasteiger partial charge in [0, 0.05) is 5.56 Å². The van der Waals surface area contributed by atoms with Crippen molar-refractivity contribution in [2.75, 3.05) is 0 Å². The molecule has 3 N–H and O–H groups in total. The van der Waals surface area contributed by atoms with Gasteiger partial charge < -0.3 is 9.84 Å². The van der Waals surface area contributed by atoms with E-state index in [-0.39, 0.29) is 16.3 Å². The molecule has 2 amide bonds. The molecule has 0 radical (unpaired) electrons. The normalized spacial score (nSPS) is 11.5. The van der Waals surface area contributed by atoms with E-state index in [0.29, 0.717) is 5.75 Å². The zero-order valence-electron chi connectivity index (χ0n) is 12.5. The lowest BCUT2D eigenvalue weighted by Gasteiger charge is -2.15. The van der Waals surface area contributed by atoms with Gasteiger partial charge in [0.2, 0.25) is 0 Å². The van der Waals surface area contributed by atoms with E-state index in [2.05, 4.69) is 10.9 Å². The first-order chi connectivity index (χ1) is 11.4. The van der Waals surface area contributed by atoms with Gasteiger partial charge in [-0.2, -0.15) is 0 Å². The van der Waals surface area contributed by atoms with Crippen LogP contribution in [0.1, 0.15) is 17.3 Å². The Balaban J connectivity index is 1.88. The number of amides is 2. The summed E-state index contributed by atoms with van der Waals surface area (Å²) in [6.07, 6.45) is -0.917. The fourth-order valence-electron chi connectivity index (χ4n) is 1.71. The van der Waals surface area contributed by atoms with Crippen LogP contribution in [0.3, 0.4) is 0 Å². The second-order valence-corrected chi connectivity index (χ2v) is 5.23. The molecular weight excluding hydrogens is 339 g/mol. The third-order valence-electron chi connectivity index (χ3n) is 3.00. The molecule has 0 unspecified atom stereocenters. The summed E-state index contributed by atoms with van der Waals surface area (Å²) in [6.45, 7) is 1.47. The minimum absolute atomic E-state index is 0.0157. The van der Waals surface area contributed by atoms with E-state index in [1.165, 1.54) is 49.4 Å². The summed E-state index contributed by atoms with van der Waals surface area (Å²) in [5.41, 5.74) is 4.56. The number of carbonyl (C=O) groups excluding carboxylic acids is 2. The molecular formula is C16H14ClFN2O4. The number of halogens is 2. The largest absolute Gasteiger partial charge is 0.506 e. The van der Waals surface area contributed by atoms with Gasteiger partial charge in [-0.1, -0.05) is 11.6 Å². The van der Waals surface area contributed by atoms with E-state index in [4.69, 9.17) is 16.3 Å². The van der Waals surface area contributed by atoms with Crippen LogP contribution in [0.4, 0.5) is 4.39 Å². The van der Waals surface area contributed by atoms with Gasteiger partial charge in [-0.3, -0.25) is 20.4 Å². The Hall–Kier alpha value is -2.80. The van der Waals surface area contributed by atoms with Crippen LogP contribution in [0, 0.1) is 5.82 Å². The number of nitrogens with one attached hydrogen (secondary N) is 2. The van der Waals surface area contributed by atoms with Crippen molar-refractivity contribution in [2.24, 2.45) is 0 Å². The fourth-order valence-corrected chi connectivity index (χ4v) is 1.89. The highest BCUT2D eigenvalue weighted by Crippen LogP contribution is 2.23. The summed E-state index contributed by atoms with van der Waals surface area (Å²) in [6, 6.07) is 9.05. The first-order valence-electron chi connectivity index (χ1n) is 6.88. The maximum absolute atomic E-state index is 12.8. The van der Waals surface area contributed by atoms with Crippen molar-refractivity contribution < 1.29 is 23.8 Å². The average Bonchev–Trinajstić information content (AvgIpc) is 2.56. The molecule has 0 heterocycles. The van der Waals surface area contributed by atoms with Crippen LogP contribution >= 0.6 is 11.6 Å². The Labute approximate surface area is 142 Å². The second-order valence-electron chi connectivity index (χ2n) is 4.82. The van der Waals surface area contributed by atoms with Crippen molar-refractivity contribution in [1.82, 2.24) is 10.9 Å². The van der Waals surface area contributed by atoms with Gasteiger partial charge >= 0.3 is 0 Å². The van der Waals surface area contributed by atoms with E-state index in [0.717, 1.165) is 0 Å². The highest BCUT2D eigenvalue weighted by molar-refractivity contribution is 6.32. The molecule has 0 aromatic heterocycles. The van der Waals surface area contributed by atoms with Crippen LogP contribution in [0.5, 0.6) is 11.5 Å². The standard InChI is InChI=1S/C16H14ClFN2O4/c1-9(24-12-5-3-11(18)4-6-12)15(22)19-20-16(23)10-2-7-14(21)13(17)8-10/h2-9,21H,1H3,(H,19,22)(H,20,23)/t9-/m0/s1. The maximum atomic E-state index is 12.8. The monoisotopic (exact) mass is 352 g/mol. The molecule has 0 fully saturated rings. The lowest BCUT2D eigenvalue weighted by molar-refractivity contribution is -0.128. The minimum atomic E-state index is -0.917. The van der Waals surface area contributed by atoms with Crippen LogP contribution in [0.2, 0.25) is 5.02 Å². The molecule has 24 heavy (non-hydrogen) atoms. The smallest absolute Gasteiger partial charge is 0.279 e. The van der Waals surface area contributed by atoms with Gasteiger partial charge in [0.05, 0.1) is 5.02 Å². The number of hydrogen-bond donors (Lipinski definition) is 3. The molecule has 0 aliphatic heterocycles. The molecule has 0 aliphatic carbocycles. The molecule has 126 valence electrons. The fraction of sp³-hybridized carbons (Fsp3) is 0.125. The van der Waals surface area contributed by atoms with Crippen LogP contribution in [0.15, 0.2) is 42.5 Å². The highest BCUT2D eigenvalue weighted by atomic mass is 35.5. The van der Waals surface area contributed by atoms with E-state index >= 15 is 0 Å². The average molecular weight is 353 g/mol. The number of rotatable bonds is 4. The molecule has 0 bridgehead atoms. The Morgan fingerprint density at radius 1 is 1.17 bits per heavy atom. The topological polar surface area (TPSA) is 87.7 Å². The third-order valence-corrected chi connectivity index (χ3v) is 3.31. The molecule has 2 aromatic rings. The Kier molecular flexibility index (Phi) is 5.59. The van der Waals surface area contributed by atoms with Crippen LogP contribution in [-0.4, -0.2) is 23.0 Å². The molecule has 8 heteroatoms. The van der Waals surface area contributed by atoms with Crippen molar-refractivity contribution in [3.63, 3.8) is 0 Å². The quantitative estimate of drug-likeness (QED) is 0.737. The van der Waals surface area contributed by atoms with Crippen molar-refractivity contribution in [1.29, 1.82) is 0 Å². The number of carbonyl (C=O) groups is 2. The Morgan fingerprint density at radius 3 is 2.46 bits per heavy atom. The van der Waals surface area contributed by atoms with Crippen LogP contribution < -0.4 is 15.6 Å². The molecule has 2 aromatic carbocycles. The van der Waals surface area contributed by atoms with Crippen molar-refractivity contribution >= 4 is 23.4 Å². The number of benzene rings is 2. The minimum Gasteiger partial charge on any atom is -0.506 e. The van der Waals surface area contributed by atoms with Gasteiger partial charge in [0.25, 0.3) is 11.8 Å². The zero-order chi connectivity index (χ0) is 17.7. The molecule has 0 saturated carbocycles. The zero-order valence-corrected chi connectivity index (χ0v) is 13.3. The second kappa shape index (κ2) is 7.65. The number of hydrazine groups is 1. The molecule has 1 atom stereocenters. The summed E-state index contributed by atoms with van der Waals surface area (Å²) in [4.78, 5) is 23.8. The van der Waals surface area contributed by atoms with Gasteiger partial charge in [-0.15, -0.1) is 0 Å². The van der Waals surface area contributed by atoms with Gasteiger partial charge in [-0.25, -0.2) is 4.39 Å². The van der Waals surface area contributed by atoms with Gasteiger partial charge in [0.15, 0.2) is 6.10 Å². The first kappa shape index (κ1) is 17.6.